The van der Waals surface area contributed by atoms with Gasteiger partial charge in [0.15, 0.2) is 0 Å². The highest BCUT2D eigenvalue weighted by molar-refractivity contribution is 5.93. The Morgan fingerprint density at radius 1 is 1.08 bits per heavy atom. The van der Waals surface area contributed by atoms with E-state index in [1.165, 1.54) is 19.3 Å². The number of aliphatic hydroxyl groups excluding tert-OH is 1. The van der Waals surface area contributed by atoms with Crippen molar-refractivity contribution >= 4 is 11.8 Å². The summed E-state index contributed by atoms with van der Waals surface area (Å²) in [5, 5.41) is 15.7. The third-order valence-corrected chi connectivity index (χ3v) is 8.93. The van der Waals surface area contributed by atoms with Crippen molar-refractivity contribution < 1.29 is 19.2 Å². The lowest BCUT2D eigenvalue weighted by Crippen LogP contribution is -2.61. The molecule has 0 bridgehead atoms. The molecule has 36 heavy (non-hydrogen) atoms. The van der Waals surface area contributed by atoms with Crippen LogP contribution in [-0.2, 0) is 4.79 Å². The average molecular weight is 492 g/mol. The highest BCUT2D eigenvalue weighted by atomic mass is 16.5. The summed E-state index contributed by atoms with van der Waals surface area (Å²) in [5.41, 5.74) is 1.12. The van der Waals surface area contributed by atoms with Crippen molar-refractivity contribution in [2.75, 3.05) is 19.6 Å². The summed E-state index contributed by atoms with van der Waals surface area (Å²) in [7, 11) is 0. The van der Waals surface area contributed by atoms with Gasteiger partial charge in [-0.2, -0.15) is 0 Å². The van der Waals surface area contributed by atoms with Crippen LogP contribution in [0.3, 0.4) is 0 Å². The van der Waals surface area contributed by atoms with Crippen LogP contribution >= 0.6 is 0 Å². The van der Waals surface area contributed by atoms with E-state index in [9.17, 15) is 14.7 Å². The number of aliphatic hydroxyl groups is 1. The van der Waals surface area contributed by atoms with Gasteiger partial charge in [-0.1, -0.05) is 54.8 Å². The van der Waals surface area contributed by atoms with Crippen molar-refractivity contribution in [2.24, 2.45) is 11.3 Å². The van der Waals surface area contributed by atoms with Gasteiger partial charge in [0.2, 0.25) is 11.7 Å². The number of nitrogens with zero attached hydrogens (tertiary/aromatic N) is 3. The van der Waals surface area contributed by atoms with Crippen molar-refractivity contribution in [3.8, 4) is 0 Å². The number of carbonyl (C=O) groups excluding carboxylic acids is 2. The van der Waals surface area contributed by atoms with E-state index in [4.69, 9.17) is 4.52 Å². The molecule has 1 aromatic heterocycles. The summed E-state index contributed by atoms with van der Waals surface area (Å²) >= 11 is 0. The second-order valence-electron chi connectivity index (χ2n) is 11.6. The Balaban J connectivity index is 1.22. The van der Waals surface area contributed by atoms with Crippen molar-refractivity contribution in [3.05, 3.63) is 53.4 Å². The molecule has 1 N–H and O–H groups in total. The molecule has 2 saturated heterocycles. The van der Waals surface area contributed by atoms with Crippen molar-refractivity contribution in [2.45, 2.75) is 82.3 Å². The maximum Gasteiger partial charge on any atom is 0.292 e. The van der Waals surface area contributed by atoms with Crippen LogP contribution in [0.5, 0.6) is 0 Å². The Labute approximate surface area is 212 Å². The standard InChI is InChI=1S/C29H37N3O4/c33-24-17-29(28(35)32(18-20-12-13-20)26(24)22-10-5-2-6-11-22)14-7-15-31(19-29)27(34)25-16-23(30-36-25)21-8-3-1-4-9-21/h2,5-6,10-11,16,20-21,24,26,33H,1,3-4,7-9,12-15,17-19H2/t24-,26+,29-/m1/s1. The molecule has 2 aliphatic carbocycles. The molecule has 1 aromatic carbocycles. The van der Waals surface area contributed by atoms with Crippen molar-refractivity contribution in [1.82, 2.24) is 15.0 Å². The van der Waals surface area contributed by atoms with E-state index in [2.05, 4.69) is 5.16 Å². The Hall–Kier alpha value is -2.67. The molecule has 0 unspecified atom stereocenters. The normalized spacial score (nSPS) is 29.6. The molecule has 7 nitrogen and oxygen atoms in total. The van der Waals surface area contributed by atoms with Crippen LogP contribution in [-0.4, -0.2) is 57.6 Å². The van der Waals surface area contributed by atoms with Crippen LogP contribution in [0.4, 0.5) is 0 Å². The maximum atomic E-state index is 14.2. The minimum atomic E-state index is -0.750. The predicted octanol–water partition coefficient (Wildman–Crippen LogP) is 4.69. The number of likely N-dealkylation sites (tertiary alicyclic amines) is 2. The fourth-order valence-electron chi connectivity index (χ4n) is 6.85. The molecule has 2 saturated carbocycles. The van der Waals surface area contributed by atoms with Gasteiger partial charge in [0.1, 0.15) is 0 Å². The fourth-order valence-corrected chi connectivity index (χ4v) is 6.85. The number of carbonyl (C=O) groups is 2. The van der Waals surface area contributed by atoms with E-state index in [0.29, 0.717) is 44.3 Å². The molecule has 2 aliphatic heterocycles. The lowest BCUT2D eigenvalue weighted by atomic mass is 9.69. The fraction of sp³-hybridized carbons (Fsp3) is 0.621. The third-order valence-electron chi connectivity index (χ3n) is 8.93. The van der Waals surface area contributed by atoms with Gasteiger partial charge in [0.25, 0.3) is 5.91 Å². The predicted molar refractivity (Wildman–Crippen MR) is 134 cm³/mol. The number of rotatable bonds is 5. The smallest absolute Gasteiger partial charge is 0.292 e. The zero-order chi connectivity index (χ0) is 24.7. The van der Waals surface area contributed by atoms with Crippen LogP contribution in [0.15, 0.2) is 40.9 Å². The number of benzene rings is 1. The van der Waals surface area contributed by atoms with Crippen LogP contribution in [0.25, 0.3) is 0 Å². The Morgan fingerprint density at radius 3 is 2.61 bits per heavy atom. The molecule has 0 radical (unpaired) electrons. The Bertz CT molecular complexity index is 1090. The molecule has 7 heteroatoms. The zero-order valence-corrected chi connectivity index (χ0v) is 21.0. The second-order valence-corrected chi connectivity index (χ2v) is 11.6. The molecule has 6 rings (SSSR count). The average Bonchev–Trinajstić information content (AvgIpc) is 3.59. The highest BCUT2D eigenvalue weighted by Crippen LogP contribution is 2.47. The molecule has 4 aliphatic rings. The summed E-state index contributed by atoms with van der Waals surface area (Å²) in [6.07, 6.45) is 9.25. The number of amides is 2. The third kappa shape index (κ3) is 4.47. The molecular formula is C29H37N3O4. The van der Waals surface area contributed by atoms with Gasteiger partial charge < -0.3 is 19.4 Å². The monoisotopic (exact) mass is 491 g/mol. The lowest BCUT2D eigenvalue weighted by molar-refractivity contribution is -0.164. The lowest BCUT2D eigenvalue weighted by Gasteiger charge is -2.52. The highest BCUT2D eigenvalue weighted by Gasteiger charge is 2.54. The van der Waals surface area contributed by atoms with Gasteiger partial charge in [0, 0.05) is 31.6 Å². The molecule has 4 fully saturated rings. The minimum absolute atomic E-state index is 0.0894. The number of aromatic nitrogens is 1. The maximum absolute atomic E-state index is 14.2. The summed E-state index contributed by atoms with van der Waals surface area (Å²) in [5.74, 6) is 1.05. The molecule has 3 atom stereocenters. The van der Waals surface area contributed by atoms with E-state index >= 15 is 0 Å². The first-order chi connectivity index (χ1) is 17.5. The SMILES string of the molecule is O=C(c1cc(C2CCCCC2)no1)N1CCC[C@@]2(C[C@@H](O)[C@H](c3ccccc3)N(CC3CC3)C2=O)C1. The van der Waals surface area contributed by atoms with E-state index in [0.717, 1.165) is 43.4 Å². The van der Waals surface area contributed by atoms with E-state index in [1.54, 1.807) is 4.90 Å². The van der Waals surface area contributed by atoms with Crippen molar-refractivity contribution in [1.29, 1.82) is 0 Å². The molecule has 2 amide bonds. The molecule has 3 heterocycles. The van der Waals surface area contributed by atoms with Crippen LogP contribution in [0.2, 0.25) is 0 Å². The van der Waals surface area contributed by atoms with Crippen LogP contribution in [0.1, 0.15) is 98.0 Å². The first-order valence-corrected chi connectivity index (χ1v) is 13.8. The Kier molecular flexibility index (Phi) is 6.36. The quantitative estimate of drug-likeness (QED) is 0.656. The van der Waals surface area contributed by atoms with E-state index in [1.807, 2.05) is 41.3 Å². The van der Waals surface area contributed by atoms with Gasteiger partial charge >= 0.3 is 0 Å². The number of hydrogen-bond acceptors (Lipinski definition) is 5. The van der Waals surface area contributed by atoms with Gasteiger partial charge in [-0.25, -0.2) is 0 Å². The second kappa shape index (κ2) is 9.66. The van der Waals surface area contributed by atoms with Crippen LogP contribution in [0, 0.1) is 11.3 Å². The number of piperidine rings is 2. The van der Waals surface area contributed by atoms with Crippen molar-refractivity contribution in [3.63, 3.8) is 0 Å². The minimum Gasteiger partial charge on any atom is -0.391 e. The van der Waals surface area contributed by atoms with Gasteiger partial charge in [-0.05, 0) is 56.4 Å². The topological polar surface area (TPSA) is 86.9 Å². The Morgan fingerprint density at radius 2 is 1.86 bits per heavy atom. The summed E-state index contributed by atoms with van der Waals surface area (Å²) in [6, 6.07) is 11.4. The largest absolute Gasteiger partial charge is 0.391 e. The van der Waals surface area contributed by atoms with Gasteiger partial charge in [-0.3, -0.25) is 9.59 Å². The van der Waals surface area contributed by atoms with Crippen LogP contribution < -0.4 is 0 Å². The molecule has 192 valence electrons. The summed E-state index contributed by atoms with van der Waals surface area (Å²) in [4.78, 5) is 31.3. The van der Waals surface area contributed by atoms with Gasteiger partial charge in [-0.15, -0.1) is 0 Å². The first kappa shape index (κ1) is 23.7. The van der Waals surface area contributed by atoms with E-state index < -0.39 is 11.5 Å². The van der Waals surface area contributed by atoms with E-state index in [-0.39, 0.29) is 23.6 Å². The molecule has 2 aromatic rings. The molecular weight excluding hydrogens is 454 g/mol. The first-order valence-electron chi connectivity index (χ1n) is 13.8. The zero-order valence-electron chi connectivity index (χ0n) is 21.0. The summed E-state index contributed by atoms with van der Waals surface area (Å²) < 4.78 is 5.53. The van der Waals surface area contributed by atoms with Gasteiger partial charge in [0.05, 0.1) is 23.3 Å². The molecule has 1 spiro atoms. The summed E-state index contributed by atoms with van der Waals surface area (Å²) in [6.45, 7) is 1.59. The number of hydrogen-bond donors (Lipinski definition) is 1.